The molecule has 0 amide bonds. The van der Waals surface area contributed by atoms with Gasteiger partial charge in [-0.25, -0.2) is 0 Å². The van der Waals surface area contributed by atoms with E-state index in [-0.39, 0.29) is 0 Å². The lowest BCUT2D eigenvalue weighted by Crippen LogP contribution is -1.76. The van der Waals surface area contributed by atoms with Crippen LogP contribution in [0.2, 0.25) is 0 Å². The summed E-state index contributed by atoms with van der Waals surface area (Å²) >= 11 is 5.57. The fourth-order valence-electron chi connectivity index (χ4n) is 0.271. The van der Waals surface area contributed by atoms with E-state index in [2.05, 4.69) is 6.58 Å². The summed E-state index contributed by atoms with van der Waals surface area (Å²) in [6, 6.07) is 0. The molecule has 0 aliphatic heterocycles. The molecule has 0 aromatic heterocycles. The zero-order valence-corrected chi connectivity index (χ0v) is 6.34. The molecule has 0 aromatic carbocycles. The Hall–Kier alpha value is -0.230. The molecule has 0 spiro atoms. The van der Waals surface area contributed by atoms with Crippen LogP contribution in [0.4, 0.5) is 0 Å². The summed E-state index contributed by atoms with van der Waals surface area (Å²) in [6.45, 7) is 9.58. The van der Waals surface area contributed by atoms with Gasteiger partial charge in [0, 0.05) is 5.03 Å². The summed E-state index contributed by atoms with van der Waals surface area (Å²) < 4.78 is 0. The van der Waals surface area contributed by atoms with E-state index in [1.807, 2.05) is 20.8 Å². The van der Waals surface area contributed by atoms with Crippen LogP contribution < -0.4 is 0 Å². The first kappa shape index (κ1) is 7.77. The summed E-state index contributed by atoms with van der Waals surface area (Å²) in [5.41, 5.74) is 2.32. The highest BCUT2D eigenvalue weighted by Crippen LogP contribution is 2.14. The lowest BCUT2D eigenvalue weighted by atomic mass is 10.2. The largest absolute Gasteiger partial charge is 0.0847 e. The Morgan fingerprint density at radius 1 is 1.25 bits per heavy atom. The van der Waals surface area contributed by atoms with Crippen LogP contribution in [0, 0.1) is 0 Å². The van der Waals surface area contributed by atoms with Crippen molar-refractivity contribution in [1.82, 2.24) is 0 Å². The third-order valence-electron chi connectivity index (χ3n) is 1.16. The summed E-state index contributed by atoms with van der Waals surface area (Å²) in [5, 5.41) is 0.644. The summed E-state index contributed by atoms with van der Waals surface area (Å²) in [6.07, 6.45) is 0. The van der Waals surface area contributed by atoms with E-state index in [9.17, 15) is 0 Å². The Morgan fingerprint density at radius 2 is 1.62 bits per heavy atom. The van der Waals surface area contributed by atoms with Crippen LogP contribution in [-0.4, -0.2) is 0 Å². The molecule has 0 unspecified atom stereocenters. The normalized spacial score (nSPS) is 8.50. The SMILES string of the molecule is C=C(Cl)C(C)=C(C)C. The molecular weight excluding hydrogens is 120 g/mol. The van der Waals surface area contributed by atoms with E-state index < -0.39 is 0 Å². The van der Waals surface area contributed by atoms with Crippen LogP contribution in [0.3, 0.4) is 0 Å². The fourth-order valence-corrected chi connectivity index (χ4v) is 0.460. The van der Waals surface area contributed by atoms with Gasteiger partial charge in [-0.2, -0.15) is 0 Å². The zero-order chi connectivity index (χ0) is 6.73. The second-order valence-corrected chi connectivity index (χ2v) is 2.49. The molecule has 0 radical (unpaired) electrons. The van der Waals surface area contributed by atoms with Crippen LogP contribution in [0.15, 0.2) is 22.8 Å². The van der Waals surface area contributed by atoms with Crippen molar-refractivity contribution in [1.29, 1.82) is 0 Å². The number of hydrogen-bond donors (Lipinski definition) is 0. The lowest BCUT2D eigenvalue weighted by Gasteiger charge is -1.97. The van der Waals surface area contributed by atoms with E-state index >= 15 is 0 Å². The molecule has 0 nitrogen and oxygen atoms in total. The Balaban J connectivity index is 4.23. The standard InChI is InChI=1S/C7H11Cl/c1-5(2)6(3)7(4)8/h4H2,1-3H3. The summed E-state index contributed by atoms with van der Waals surface area (Å²) in [7, 11) is 0. The molecule has 0 atom stereocenters. The number of allylic oxidation sites excluding steroid dienone is 3. The highest BCUT2D eigenvalue weighted by molar-refractivity contribution is 6.31. The highest BCUT2D eigenvalue weighted by atomic mass is 35.5. The quantitative estimate of drug-likeness (QED) is 0.479. The van der Waals surface area contributed by atoms with Crippen molar-refractivity contribution in [2.45, 2.75) is 20.8 Å². The predicted octanol–water partition coefficient (Wildman–Crippen LogP) is 3.10. The molecule has 0 aliphatic rings. The van der Waals surface area contributed by atoms with Crippen LogP contribution >= 0.6 is 11.6 Å². The van der Waals surface area contributed by atoms with Gasteiger partial charge in [0.05, 0.1) is 0 Å². The van der Waals surface area contributed by atoms with Gasteiger partial charge in [-0.05, 0) is 26.3 Å². The smallest absolute Gasteiger partial charge is 0.0362 e. The lowest BCUT2D eigenvalue weighted by molar-refractivity contribution is 1.28. The van der Waals surface area contributed by atoms with Crippen LogP contribution in [0.25, 0.3) is 0 Å². The van der Waals surface area contributed by atoms with Crippen LogP contribution in [0.5, 0.6) is 0 Å². The minimum Gasteiger partial charge on any atom is -0.0847 e. The van der Waals surface area contributed by atoms with Crippen molar-refractivity contribution in [2.75, 3.05) is 0 Å². The molecule has 1 heteroatoms. The molecular formula is C7H11Cl. The number of hydrogen-bond acceptors (Lipinski definition) is 0. The van der Waals surface area contributed by atoms with Crippen molar-refractivity contribution in [3.8, 4) is 0 Å². The molecule has 0 fully saturated rings. The van der Waals surface area contributed by atoms with E-state index in [0.29, 0.717) is 5.03 Å². The van der Waals surface area contributed by atoms with Crippen molar-refractivity contribution in [3.05, 3.63) is 22.8 Å². The van der Waals surface area contributed by atoms with Gasteiger partial charge in [-0.15, -0.1) is 0 Å². The highest BCUT2D eigenvalue weighted by Gasteiger charge is 1.91. The first-order valence-electron chi connectivity index (χ1n) is 2.54. The maximum absolute atomic E-state index is 5.57. The second kappa shape index (κ2) is 2.93. The molecule has 0 aromatic rings. The topological polar surface area (TPSA) is 0 Å². The maximum atomic E-state index is 5.57. The molecule has 46 valence electrons. The van der Waals surface area contributed by atoms with Gasteiger partial charge < -0.3 is 0 Å². The number of halogens is 1. The van der Waals surface area contributed by atoms with E-state index in [4.69, 9.17) is 11.6 Å². The third kappa shape index (κ3) is 2.17. The van der Waals surface area contributed by atoms with Gasteiger partial charge in [0.2, 0.25) is 0 Å². The van der Waals surface area contributed by atoms with Crippen molar-refractivity contribution < 1.29 is 0 Å². The number of rotatable bonds is 1. The van der Waals surface area contributed by atoms with Gasteiger partial charge in [-0.1, -0.05) is 23.8 Å². The first-order valence-corrected chi connectivity index (χ1v) is 2.92. The molecule has 8 heavy (non-hydrogen) atoms. The second-order valence-electron chi connectivity index (χ2n) is 2.03. The molecule has 0 bridgehead atoms. The summed E-state index contributed by atoms with van der Waals surface area (Å²) in [4.78, 5) is 0. The minimum atomic E-state index is 0.644. The van der Waals surface area contributed by atoms with Crippen LogP contribution in [-0.2, 0) is 0 Å². The average Bonchev–Trinajstić information content (AvgIpc) is 1.64. The fraction of sp³-hybridized carbons (Fsp3) is 0.429. The van der Waals surface area contributed by atoms with Gasteiger partial charge in [0.25, 0.3) is 0 Å². The minimum absolute atomic E-state index is 0.644. The van der Waals surface area contributed by atoms with Crippen molar-refractivity contribution in [2.24, 2.45) is 0 Å². The van der Waals surface area contributed by atoms with Gasteiger partial charge >= 0.3 is 0 Å². The summed E-state index contributed by atoms with van der Waals surface area (Å²) in [5.74, 6) is 0. The monoisotopic (exact) mass is 130 g/mol. The molecule has 0 saturated carbocycles. The molecule has 0 rings (SSSR count). The van der Waals surface area contributed by atoms with Gasteiger partial charge in [0.1, 0.15) is 0 Å². The average molecular weight is 131 g/mol. The zero-order valence-electron chi connectivity index (χ0n) is 5.59. The van der Waals surface area contributed by atoms with Gasteiger partial charge in [0.15, 0.2) is 0 Å². The van der Waals surface area contributed by atoms with E-state index in [1.54, 1.807) is 0 Å². The predicted molar refractivity (Wildman–Crippen MR) is 39.0 cm³/mol. The molecule has 0 N–H and O–H groups in total. The van der Waals surface area contributed by atoms with Gasteiger partial charge in [-0.3, -0.25) is 0 Å². The molecule has 0 saturated heterocycles. The first-order chi connectivity index (χ1) is 3.55. The molecule has 0 aliphatic carbocycles. The van der Waals surface area contributed by atoms with Crippen molar-refractivity contribution >= 4 is 11.6 Å². The Kier molecular flexibility index (Phi) is 2.85. The maximum Gasteiger partial charge on any atom is 0.0362 e. The molecule has 0 heterocycles. The van der Waals surface area contributed by atoms with Crippen molar-refractivity contribution in [3.63, 3.8) is 0 Å². The third-order valence-corrected chi connectivity index (χ3v) is 1.44. The Labute approximate surface area is 55.9 Å². The van der Waals surface area contributed by atoms with E-state index in [1.165, 1.54) is 5.57 Å². The van der Waals surface area contributed by atoms with Crippen LogP contribution in [0.1, 0.15) is 20.8 Å². The Bertz CT molecular complexity index is 127. The Morgan fingerprint density at radius 3 is 1.62 bits per heavy atom. The van der Waals surface area contributed by atoms with E-state index in [0.717, 1.165) is 5.57 Å².